The molecule has 47 heavy (non-hydrogen) atoms. The number of ether oxygens (including phenoxy) is 1. The molecule has 13 heteroatoms. The third kappa shape index (κ3) is 8.09. The van der Waals surface area contributed by atoms with E-state index in [1.165, 1.54) is 29.9 Å². The van der Waals surface area contributed by atoms with Gasteiger partial charge in [0, 0.05) is 80.4 Å². The van der Waals surface area contributed by atoms with Crippen molar-refractivity contribution >= 4 is 64.7 Å². The van der Waals surface area contributed by atoms with Crippen LogP contribution in [0.15, 0.2) is 42.7 Å². The first-order valence-electron chi connectivity index (χ1n) is 16.1. The summed E-state index contributed by atoms with van der Waals surface area (Å²) in [5.41, 5.74) is 10.7. The van der Waals surface area contributed by atoms with Gasteiger partial charge in [-0.1, -0.05) is 24.6 Å². The number of piperazine rings is 1. The second-order valence-electron chi connectivity index (χ2n) is 12.6. The molecule has 2 aliphatic rings. The van der Waals surface area contributed by atoms with E-state index in [-0.39, 0.29) is 0 Å². The number of likely N-dealkylation sites (N-methyl/N-ethyl adjacent to an activating group) is 1. The van der Waals surface area contributed by atoms with Crippen LogP contribution in [0.25, 0.3) is 5.57 Å². The molecule has 11 nitrogen and oxygen atoms in total. The lowest BCUT2D eigenvalue weighted by Crippen LogP contribution is -2.52. The van der Waals surface area contributed by atoms with Crippen molar-refractivity contribution < 1.29 is 9.30 Å². The average Bonchev–Trinajstić information content (AvgIpc) is 3.07. The zero-order chi connectivity index (χ0) is 33.7. The van der Waals surface area contributed by atoms with Gasteiger partial charge in [0.25, 0.3) is 0 Å². The van der Waals surface area contributed by atoms with Crippen LogP contribution in [-0.2, 0) is 11.0 Å². The summed E-state index contributed by atoms with van der Waals surface area (Å²) in [6, 6.07) is 10.3. The number of aromatic nitrogens is 2. The van der Waals surface area contributed by atoms with Crippen LogP contribution in [0.3, 0.4) is 0 Å². The van der Waals surface area contributed by atoms with Gasteiger partial charge >= 0.3 is 0 Å². The van der Waals surface area contributed by atoms with Crippen LogP contribution in [-0.4, -0.2) is 98.8 Å². The first-order valence-corrected chi connectivity index (χ1v) is 19.1. The van der Waals surface area contributed by atoms with Crippen molar-refractivity contribution in [1.82, 2.24) is 19.8 Å². The van der Waals surface area contributed by atoms with E-state index < -0.39 is 7.14 Å². The normalized spacial score (nSPS) is 17.1. The maximum Gasteiger partial charge on any atom is 0.229 e. The highest BCUT2D eigenvalue weighted by Crippen LogP contribution is 2.40. The first-order chi connectivity index (χ1) is 22.5. The molecule has 3 aromatic rings. The molecular formula is C34H47ClN9O2P. The van der Waals surface area contributed by atoms with Gasteiger partial charge in [-0.2, -0.15) is 4.98 Å². The molecule has 2 aliphatic heterocycles. The van der Waals surface area contributed by atoms with Gasteiger partial charge in [-0.3, -0.25) is 4.90 Å². The predicted molar refractivity (Wildman–Crippen MR) is 197 cm³/mol. The summed E-state index contributed by atoms with van der Waals surface area (Å²) in [5.74, 6) is 1.41. The van der Waals surface area contributed by atoms with Crippen LogP contribution in [0.4, 0.5) is 28.8 Å². The van der Waals surface area contributed by atoms with E-state index in [0.717, 1.165) is 64.2 Å². The van der Waals surface area contributed by atoms with Crippen LogP contribution in [0.2, 0.25) is 5.02 Å². The number of rotatable bonds is 11. The maximum atomic E-state index is 13.3. The van der Waals surface area contributed by atoms with Crippen molar-refractivity contribution in [1.29, 1.82) is 5.41 Å². The molecule has 2 fully saturated rings. The summed E-state index contributed by atoms with van der Waals surface area (Å²) in [7, 11) is 1.14. The van der Waals surface area contributed by atoms with Gasteiger partial charge in [-0.15, -0.1) is 0 Å². The molecule has 0 radical (unpaired) electrons. The second-order valence-corrected chi connectivity index (χ2v) is 16.2. The summed E-state index contributed by atoms with van der Waals surface area (Å²) in [4.78, 5) is 16.7. The van der Waals surface area contributed by atoms with Crippen molar-refractivity contribution in [2.24, 2.45) is 5.73 Å². The molecular weight excluding hydrogens is 633 g/mol. The van der Waals surface area contributed by atoms with E-state index in [0.29, 0.717) is 50.7 Å². The molecule has 0 unspecified atom stereocenters. The number of nitrogens with zero attached hydrogens (tertiary/aromatic N) is 5. The molecule has 5 rings (SSSR count). The number of benzene rings is 2. The van der Waals surface area contributed by atoms with Gasteiger partial charge in [0.1, 0.15) is 17.9 Å². The van der Waals surface area contributed by atoms with Gasteiger partial charge < -0.3 is 40.9 Å². The highest BCUT2D eigenvalue weighted by Gasteiger charge is 2.28. The fourth-order valence-corrected chi connectivity index (χ4v) is 7.67. The number of nitrogens with one attached hydrogen (secondary N) is 3. The monoisotopic (exact) mass is 679 g/mol. The summed E-state index contributed by atoms with van der Waals surface area (Å²) < 4.78 is 19.2. The fourth-order valence-electron chi connectivity index (χ4n) is 6.37. The van der Waals surface area contributed by atoms with Gasteiger partial charge in [0.05, 0.1) is 24.7 Å². The minimum absolute atomic E-state index is 0.311. The highest BCUT2D eigenvalue weighted by atomic mass is 35.5. The van der Waals surface area contributed by atoms with E-state index >= 15 is 0 Å². The van der Waals surface area contributed by atoms with Crippen LogP contribution >= 0.6 is 18.7 Å². The van der Waals surface area contributed by atoms with E-state index in [4.69, 9.17) is 27.5 Å². The molecule has 0 aliphatic carbocycles. The number of halogens is 1. The summed E-state index contributed by atoms with van der Waals surface area (Å²) in [6.07, 6.45) is 7.24. The van der Waals surface area contributed by atoms with E-state index in [2.05, 4.69) is 61.4 Å². The minimum Gasteiger partial charge on any atom is -0.494 e. The molecule has 0 bridgehead atoms. The molecule has 5 N–H and O–H groups in total. The topological polar surface area (TPSA) is 136 Å². The molecule has 2 saturated heterocycles. The van der Waals surface area contributed by atoms with Crippen molar-refractivity contribution in [3.8, 4) is 5.75 Å². The lowest BCUT2D eigenvalue weighted by molar-refractivity contribution is 0.0982. The second kappa shape index (κ2) is 15.1. The Kier molecular flexibility index (Phi) is 11.1. The number of nitrogens with two attached hydrogens (primary N) is 1. The lowest BCUT2D eigenvalue weighted by atomic mass is 9.99. The molecule has 0 saturated carbocycles. The number of anilines is 5. The lowest BCUT2D eigenvalue weighted by Gasteiger charge is -2.43. The first kappa shape index (κ1) is 34.7. The number of piperidine rings is 1. The number of hydrogen-bond donors (Lipinski definition) is 4. The average molecular weight is 680 g/mol. The Morgan fingerprint density at radius 2 is 1.83 bits per heavy atom. The number of methoxy groups -OCH3 is 1. The van der Waals surface area contributed by atoms with Crippen molar-refractivity contribution in [2.75, 3.05) is 82.3 Å². The Bertz CT molecular complexity index is 1660. The summed E-state index contributed by atoms with van der Waals surface area (Å²) in [6.45, 7) is 12.2. The Hall–Kier alpha value is -3.63. The van der Waals surface area contributed by atoms with E-state index in [1.54, 1.807) is 32.6 Å². The largest absolute Gasteiger partial charge is 0.494 e. The smallest absolute Gasteiger partial charge is 0.229 e. The van der Waals surface area contributed by atoms with Crippen LogP contribution in [0.1, 0.15) is 30.9 Å². The van der Waals surface area contributed by atoms with Crippen molar-refractivity contribution in [3.05, 3.63) is 58.9 Å². The van der Waals surface area contributed by atoms with Crippen molar-refractivity contribution in [2.45, 2.75) is 32.2 Å². The van der Waals surface area contributed by atoms with Gasteiger partial charge in [-0.25, -0.2) is 4.98 Å². The molecule has 0 amide bonds. The van der Waals surface area contributed by atoms with Crippen LogP contribution in [0, 0.1) is 5.41 Å². The molecule has 2 aromatic carbocycles. The molecule has 3 heterocycles. The number of hydrogen-bond acceptors (Lipinski definition) is 11. The number of aryl methyl sites for hydroxylation is 1. The molecule has 1 aromatic heterocycles. The van der Waals surface area contributed by atoms with E-state index in [9.17, 15) is 4.57 Å². The third-order valence-corrected chi connectivity index (χ3v) is 10.9. The van der Waals surface area contributed by atoms with Gasteiger partial charge in [0.2, 0.25) is 5.95 Å². The zero-order valence-corrected chi connectivity index (χ0v) is 29.7. The minimum atomic E-state index is -2.74. The Balaban J connectivity index is 1.36. The molecule has 0 spiro atoms. The van der Waals surface area contributed by atoms with Gasteiger partial charge in [0.15, 0.2) is 5.82 Å². The Labute approximate surface area is 283 Å². The highest BCUT2D eigenvalue weighted by molar-refractivity contribution is 7.70. The Morgan fingerprint density at radius 1 is 1.11 bits per heavy atom. The van der Waals surface area contributed by atoms with E-state index in [1.807, 2.05) is 6.07 Å². The molecule has 252 valence electrons. The number of allylic oxidation sites excluding steroid dienone is 1. The van der Waals surface area contributed by atoms with Crippen molar-refractivity contribution in [3.63, 3.8) is 0 Å². The Morgan fingerprint density at radius 3 is 2.45 bits per heavy atom. The molecule has 0 atom stereocenters. The quantitative estimate of drug-likeness (QED) is 0.150. The van der Waals surface area contributed by atoms with Crippen LogP contribution in [0.5, 0.6) is 5.75 Å². The zero-order valence-electron chi connectivity index (χ0n) is 28.0. The third-order valence-electron chi connectivity index (χ3n) is 9.13. The summed E-state index contributed by atoms with van der Waals surface area (Å²) in [5, 5.41) is 15.2. The SMILES string of the molecule is CCc1cc(Nc2ncc(Cl)c(Nc3ccc(/C(C=N)=C/N)cc3P(C)(C)=O)n2)c(OC)cc1N1CCC(N2CCN(C)CC2)CC1. The predicted octanol–water partition coefficient (Wildman–Crippen LogP) is 5.60. The fraction of sp³-hybridized carbons (Fsp3) is 0.441. The van der Waals surface area contributed by atoms with Crippen LogP contribution < -0.4 is 31.3 Å². The van der Waals surface area contributed by atoms with Gasteiger partial charge in [-0.05, 0) is 69.0 Å². The summed E-state index contributed by atoms with van der Waals surface area (Å²) >= 11 is 6.55. The maximum absolute atomic E-state index is 13.3. The standard InChI is InChI=1S/C34H47ClN9O2P/c1-6-23-17-29(31(46-3)19-30(23)44-11-9-26(10-12-44)43-15-13-42(2)14-16-43)40-34-38-22-27(35)33(41-34)39-28-8-7-24(25(20-36)21-37)18-32(28)47(4,5)45/h7-8,17-22,26,36H,6,9-16,37H2,1-5H3,(H2,38,39,40,41)/b25-21+,36-20?.